The van der Waals surface area contributed by atoms with E-state index in [9.17, 15) is 30.4 Å². The number of alkyl halides is 2. The summed E-state index contributed by atoms with van der Waals surface area (Å²) in [6.07, 6.45) is -0.814. The van der Waals surface area contributed by atoms with Gasteiger partial charge in [0.25, 0.3) is 20.0 Å². The number of anilines is 1. The minimum absolute atomic E-state index is 0.0403. The van der Waals surface area contributed by atoms with Crippen LogP contribution in [0.1, 0.15) is 31.1 Å². The van der Waals surface area contributed by atoms with Crippen LogP contribution in [0.25, 0.3) is 11.1 Å². The Morgan fingerprint density at radius 3 is 2.30 bits per heavy atom. The zero-order chi connectivity index (χ0) is 29.2. The minimum atomic E-state index is -4.48. The second-order valence-electron chi connectivity index (χ2n) is 8.51. The average Bonchev–Trinajstić information content (AvgIpc) is 2.92. The number of urea groups is 1. The van der Waals surface area contributed by atoms with Crippen LogP contribution in [0.5, 0.6) is 17.2 Å². The summed E-state index contributed by atoms with van der Waals surface area (Å²) in [5.41, 5.74) is 1.77. The molecule has 2 amide bonds. The number of nitrogens with zero attached hydrogens (tertiary/aromatic N) is 1. The lowest BCUT2D eigenvalue weighted by Gasteiger charge is -2.31. The van der Waals surface area contributed by atoms with Gasteiger partial charge in [-0.15, -0.1) is 3.71 Å². The van der Waals surface area contributed by atoms with E-state index in [0.717, 1.165) is 0 Å². The molecule has 0 spiro atoms. The van der Waals surface area contributed by atoms with Gasteiger partial charge in [0.1, 0.15) is 23.4 Å². The molecule has 0 aliphatic carbocycles. The van der Waals surface area contributed by atoms with E-state index in [0.29, 0.717) is 22.4 Å². The Morgan fingerprint density at radius 1 is 1.00 bits per heavy atom. The van der Waals surface area contributed by atoms with Crippen LogP contribution < -0.4 is 19.5 Å². The maximum atomic E-state index is 13.2. The Balaban J connectivity index is 1.85. The smallest absolute Gasteiger partial charge is 0.387 e. The van der Waals surface area contributed by atoms with E-state index in [1.165, 1.54) is 51.3 Å². The molecule has 4 rings (SSSR count). The van der Waals surface area contributed by atoms with E-state index < -0.39 is 50.3 Å². The van der Waals surface area contributed by atoms with Gasteiger partial charge in [0, 0.05) is 16.8 Å². The van der Waals surface area contributed by atoms with Crippen molar-refractivity contribution in [3.8, 4) is 28.4 Å². The fraction of sp³-hybridized carbons (Fsp3) is 0.269. The Morgan fingerprint density at radius 2 is 1.68 bits per heavy atom. The van der Waals surface area contributed by atoms with Crippen LogP contribution in [0, 0.1) is 0 Å². The first-order valence-electron chi connectivity index (χ1n) is 12.0. The minimum Gasteiger partial charge on any atom is -0.497 e. The van der Waals surface area contributed by atoms with Crippen molar-refractivity contribution in [2.45, 2.75) is 26.6 Å². The van der Waals surface area contributed by atoms with Crippen LogP contribution in [0.4, 0.5) is 19.3 Å². The molecule has 0 bridgehead atoms. The molecular formula is C26H26F2N2O8S2. The number of carbonyl (C=O) groups is 1. The summed E-state index contributed by atoms with van der Waals surface area (Å²) in [5.74, 6) is -0.593. The van der Waals surface area contributed by atoms with Gasteiger partial charge in [0.2, 0.25) is 0 Å². The SMILES string of the molecule is CCS(=O)(=O)N(C(=O)Nc1ccc2c(c1)C(c1cccc(OC)c1)Oc1cccc(OC(F)F)c1-2)S(=O)(=O)CC. The highest BCUT2D eigenvalue weighted by atomic mass is 32.3. The molecule has 0 aromatic heterocycles. The molecule has 0 fully saturated rings. The lowest BCUT2D eigenvalue weighted by atomic mass is 9.88. The number of hydrogen-bond donors (Lipinski definition) is 1. The van der Waals surface area contributed by atoms with E-state index in [1.54, 1.807) is 30.3 Å². The summed E-state index contributed by atoms with van der Waals surface area (Å²) in [7, 11) is -7.46. The fourth-order valence-electron chi connectivity index (χ4n) is 4.23. The van der Waals surface area contributed by atoms with Crippen molar-refractivity contribution in [2.75, 3.05) is 23.9 Å². The highest BCUT2D eigenvalue weighted by Crippen LogP contribution is 2.50. The molecule has 1 atom stereocenters. The normalized spacial score (nSPS) is 14.5. The molecule has 1 unspecified atom stereocenters. The van der Waals surface area contributed by atoms with Gasteiger partial charge in [0.05, 0.1) is 24.2 Å². The number of methoxy groups -OCH3 is 1. The fourth-order valence-corrected chi connectivity index (χ4v) is 7.31. The van der Waals surface area contributed by atoms with Crippen molar-refractivity contribution in [3.05, 3.63) is 71.8 Å². The van der Waals surface area contributed by atoms with Crippen LogP contribution in [0.15, 0.2) is 60.7 Å². The Hall–Kier alpha value is -3.91. The predicted octanol–water partition coefficient (Wildman–Crippen LogP) is 4.98. The molecule has 0 radical (unpaired) electrons. The lowest BCUT2D eigenvalue weighted by molar-refractivity contribution is -0.0496. The number of nitrogens with one attached hydrogen (secondary N) is 1. The number of benzene rings is 3. The first-order chi connectivity index (χ1) is 18.9. The topological polar surface area (TPSA) is 128 Å². The third kappa shape index (κ3) is 5.68. The van der Waals surface area contributed by atoms with Gasteiger partial charge in [-0.3, -0.25) is 0 Å². The van der Waals surface area contributed by atoms with Crippen LogP contribution in [-0.2, 0) is 20.0 Å². The zero-order valence-electron chi connectivity index (χ0n) is 21.6. The van der Waals surface area contributed by atoms with E-state index in [1.807, 2.05) is 0 Å². The molecule has 1 N–H and O–H groups in total. The highest BCUT2D eigenvalue weighted by Gasteiger charge is 2.37. The Labute approximate surface area is 230 Å². The van der Waals surface area contributed by atoms with Crippen LogP contribution in [0.3, 0.4) is 0 Å². The maximum Gasteiger partial charge on any atom is 0.387 e. The molecule has 3 aromatic rings. The highest BCUT2D eigenvalue weighted by molar-refractivity contribution is 8.04. The van der Waals surface area contributed by atoms with Gasteiger partial charge in [-0.1, -0.05) is 24.3 Å². The summed E-state index contributed by atoms with van der Waals surface area (Å²) < 4.78 is 92.5. The van der Waals surface area contributed by atoms with Gasteiger partial charge in [-0.25, -0.2) is 21.6 Å². The second kappa shape index (κ2) is 11.3. The molecule has 1 aliphatic heterocycles. The molecular weight excluding hydrogens is 570 g/mol. The van der Waals surface area contributed by atoms with E-state index in [4.69, 9.17) is 14.2 Å². The van der Waals surface area contributed by atoms with E-state index in [2.05, 4.69) is 5.32 Å². The molecule has 10 nitrogen and oxygen atoms in total. The van der Waals surface area contributed by atoms with E-state index in [-0.39, 0.29) is 26.5 Å². The Bertz CT molecular complexity index is 1610. The summed E-state index contributed by atoms with van der Waals surface area (Å²) >= 11 is 0. The lowest BCUT2D eigenvalue weighted by Crippen LogP contribution is -2.45. The maximum absolute atomic E-state index is 13.2. The first kappa shape index (κ1) is 29.1. The number of amides is 2. The quantitative estimate of drug-likeness (QED) is 0.366. The van der Waals surface area contributed by atoms with Crippen molar-refractivity contribution in [2.24, 2.45) is 0 Å². The number of carbonyl (C=O) groups excluding carboxylic acids is 1. The molecule has 0 saturated heterocycles. The Kier molecular flexibility index (Phi) is 8.21. The van der Waals surface area contributed by atoms with Crippen molar-refractivity contribution >= 4 is 31.8 Å². The van der Waals surface area contributed by atoms with Crippen LogP contribution >= 0.6 is 0 Å². The molecule has 40 heavy (non-hydrogen) atoms. The number of rotatable bonds is 9. The predicted molar refractivity (Wildman–Crippen MR) is 144 cm³/mol. The van der Waals surface area contributed by atoms with Gasteiger partial charge in [-0.2, -0.15) is 8.78 Å². The first-order valence-corrected chi connectivity index (χ1v) is 15.2. The molecule has 0 saturated carbocycles. The summed E-state index contributed by atoms with van der Waals surface area (Å²) in [6.45, 7) is -0.671. The molecule has 214 valence electrons. The van der Waals surface area contributed by atoms with Crippen LogP contribution in [-0.4, -0.2) is 51.8 Å². The average molecular weight is 597 g/mol. The molecule has 3 aromatic carbocycles. The number of hydrogen-bond acceptors (Lipinski definition) is 8. The van der Waals surface area contributed by atoms with Crippen molar-refractivity contribution < 1.29 is 44.6 Å². The zero-order valence-corrected chi connectivity index (χ0v) is 23.3. The number of halogens is 2. The van der Waals surface area contributed by atoms with Gasteiger partial charge in [0.15, 0.2) is 0 Å². The third-order valence-electron chi connectivity index (χ3n) is 6.10. The molecule has 14 heteroatoms. The van der Waals surface area contributed by atoms with Gasteiger partial charge < -0.3 is 19.5 Å². The number of sulfonamides is 2. The largest absolute Gasteiger partial charge is 0.497 e. The van der Waals surface area contributed by atoms with Crippen molar-refractivity contribution in [1.29, 1.82) is 0 Å². The van der Waals surface area contributed by atoms with Gasteiger partial charge in [-0.05, 0) is 55.8 Å². The second-order valence-corrected chi connectivity index (χ2v) is 13.0. The standard InChI is InChI=1S/C26H26F2N2O8S2/c1-4-39(32,33)30(40(34,35)5-2)26(31)29-17-12-13-19-20(15-17)24(16-8-6-9-18(14-16)36-3)37-21-10-7-11-22(23(19)21)38-25(27)28/h6-15,24-25H,4-5H2,1-3H3,(H,29,31). The summed E-state index contributed by atoms with van der Waals surface area (Å²) in [4.78, 5) is 13.0. The monoisotopic (exact) mass is 596 g/mol. The summed E-state index contributed by atoms with van der Waals surface area (Å²) in [5, 5.41) is 2.34. The van der Waals surface area contributed by atoms with Crippen molar-refractivity contribution in [1.82, 2.24) is 3.71 Å². The number of fused-ring (bicyclic) bond motifs is 3. The number of ether oxygens (including phenoxy) is 3. The van der Waals surface area contributed by atoms with Crippen LogP contribution in [0.2, 0.25) is 0 Å². The van der Waals surface area contributed by atoms with Crippen molar-refractivity contribution in [3.63, 3.8) is 0 Å². The molecule has 1 heterocycles. The molecule has 1 aliphatic rings. The third-order valence-corrected chi connectivity index (χ3v) is 10.3. The van der Waals surface area contributed by atoms with Gasteiger partial charge >= 0.3 is 12.6 Å². The summed E-state index contributed by atoms with van der Waals surface area (Å²) in [6, 6.07) is 14.4. The van der Waals surface area contributed by atoms with E-state index >= 15 is 0 Å².